The van der Waals surface area contributed by atoms with Gasteiger partial charge >= 0.3 is 5.97 Å². The van der Waals surface area contributed by atoms with E-state index in [1.54, 1.807) is 13.0 Å². The lowest BCUT2D eigenvalue weighted by molar-refractivity contribution is -0.131. The molecule has 0 aliphatic rings. The lowest BCUT2D eigenvalue weighted by Gasteiger charge is -2.25. The van der Waals surface area contributed by atoms with Crippen LogP contribution in [0.4, 0.5) is 0 Å². The highest BCUT2D eigenvalue weighted by molar-refractivity contribution is 5.81. The van der Waals surface area contributed by atoms with E-state index >= 15 is 0 Å². The first-order valence-corrected chi connectivity index (χ1v) is 7.59. The zero-order valence-electron chi connectivity index (χ0n) is 13.9. The van der Waals surface area contributed by atoms with E-state index < -0.39 is 5.97 Å². The number of carbonyl (C=O) groups is 1. The van der Waals surface area contributed by atoms with E-state index in [0.29, 0.717) is 12.5 Å². The zero-order valence-corrected chi connectivity index (χ0v) is 13.9. The van der Waals surface area contributed by atoms with Gasteiger partial charge in [0, 0.05) is 6.08 Å². The Morgan fingerprint density at radius 1 is 1.43 bits per heavy atom. The van der Waals surface area contributed by atoms with Crippen LogP contribution in [0.25, 0.3) is 0 Å². The second-order valence-corrected chi connectivity index (χ2v) is 6.22. The van der Waals surface area contributed by atoms with E-state index in [1.165, 1.54) is 6.08 Å². The van der Waals surface area contributed by atoms with Crippen molar-refractivity contribution >= 4 is 5.97 Å². The van der Waals surface area contributed by atoms with E-state index in [9.17, 15) is 4.79 Å². The standard InChI is InChI=1S/C18H30O3/c1-6-13-21-18(4,5)12-8-11-15(2)9-7-10-16(3)14-17(19)20/h6-7,10,14-15H,1,8-9,11-13H2,2-5H3,(H,19,20)/b10-7+,16-14+. The monoisotopic (exact) mass is 294 g/mol. The zero-order chi connectivity index (χ0) is 16.3. The molecule has 1 N–H and O–H groups in total. The summed E-state index contributed by atoms with van der Waals surface area (Å²) in [7, 11) is 0. The van der Waals surface area contributed by atoms with Gasteiger partial charge in [-0.15, -0.1) is 6.58 Å². The predicted octanol–water partition coefficient (Wildman–Crippen LogP) is 4.75. The number of carboxylic acids is 1. The minimum Gasteiger partial charge on any atom is -0.478 e. The molecule has 0 heterocycles. The SMILES string of the molecule is C=CCOC(C)(C)CCCC(C)C/C=C/C(C)=C/C(=O)O. The Morgan fingerprint density at radius 3 is 2.67 bits per heavy atom. The van der Waals surface area contributed by atoms with E-state index in [-0.39, 0.29) is 5.60 Å². The van der Waals surface area contributed by atoms with Crippen LogP contribution in [-0.4, -0.2) is 23.3 Å². The smallest absolute Gasteiger partial charge is 0.328 e. The number of carboxylic acid groups (broad SMARTS) is 1. The second kappa shape index (κ2) is 10.4. The first-order chi connectivity index (χ1) is 9.76. The molecule has 120 valence electrons. The third-order valence-corrected chi connectivity index (χ3v) is 3.34. The number of aliphatic carboxylic acids is 1. The molecule has 0 saturated carbocycles. The van der Waals surface area contributed by atoms with Crippen LogP contribution in [0, 0.1) is 5.92 Å². The average molecular weight is 294 g/mol. The van der Waals surface area contributed by atoms with Gasteiger partial charge in [0.25, 0.3) is 0 Å². The molecule has 0 aromatic heterocycles. The summed E-state index contributed by atoms with van der Waals surface area (Å²) in [5.41, 5.74) is 0.679. The molecule has 0 fully saturated rings. The highest BCUT2D eigenvalue weighted by Gasteiger charge is 2.17. The molecule has 0 radical (unpaired) electrons. The lowest BCUT2D eigenvalue weighted by atomic mass is 9.94. The quantitative estimate of drug-likeness (QED) is 0.340. The maximum Gasteiger partial charge on any atom is 0.328 e. The molecular weight excluding hydrogens is 264 g/mol. The molecule has 3 heteroatoms. The lowest BCUT2D eigenvalue weighted by Crippen LogP contribution is -2.24. The van der Waals surface area contributed by atoms with Gasteiger partial charge in [0.05, 0.1) is 12.2 Å². The number of rotatable bonds is 11. The van der Waals surface area contributed by atoms with Crippen LogP contribution in [0.3, 0.4) is 0 Å². The first-order valence-electron chi connectivity index (χ1n) is 7.59. The van der Waals surface area contributed by atoms with Gasteiger partial charge in [-0.1, -0.05) is 38.0 Å². The van der Waals surface area contributed by atoms with Crippen molar-refractivity contribution in [2.75, 3.05) is 6.61 Å². The van der Waals surface area contributed by atoms with Crippen LogP contribution in [0.1, 0.15) is 53.4 Å². The molecule has 0 spiro atoms. The summed E-state index contributed by atoms with van der Waals surface area (Å²) in [6, 6.07) is 0. The minimum atomic E-state index is -0.896. The van der Waals surface area contributed by atoms with E-state index in [1.807, 2.05) is 6.08 Å². The Balaban J connectivity index is 3.95. The fraction of sp³-hybridized carbons (Fsp3) is 0.611. The first kappa shape index (κ1) is 19.7. The van der Waals surface area contributed by atoms with Gasteiger partial charge in [0.2, 0.25) is 0 Å². The third-order valence-electron chi connectivity index (χ3n) is 3.34. The van der Waals surface area contributed by atoms with Gasteiger partial charge in [-0.05, 0) is 45.1 Å². The van der Waals surface area contributed by atoms with Gasteiger partial charge in [-0.25, -0.2) is 4.79 Å². The van der Waals surface area contributed by atoms with Crippen molar-refractivity contribution in [2.24, 2.45) is 5.92 Å². The molecule has 0 aromatic carbocycles. The van der Waals surface area contributed by atoms with Crippen LogP contribution in [0.5, 0.6) is 0 Å². The van der Waals surface area contributed by atoms with Gasteiger partial charge in [0.15, 0.2) is 0 Å². The molecule has 0 aliphatic carbocycles. The summed E-state index contributed by atoms with van der Waals surface area (Å²) in [5, 5.41) is 8.62. The Bertz CT molecular complexity index is 378. The summed E-state index contributed by atoms with van der Waals surface area (Å²) in [4.78, 5) is 10.5. The van der Waals surface area contributed by atoms with Gasteiger partial charge < -0.3 is 9.84 Å². The molecule has 3 nitrogen and oxygen atoms in total. The number of hydrogen-bond donors (Lipinski definition) is 1. The van der Waals surface area contributed by atoms with Crippen molar-refractivity contribution < 1.29 is 14.6 Å². The molecule has 0 aromatic rings. The third kappa shape index (κ3) is 12.1. The average Bonchev–Trinajstić information content (AvgIpc) is 2.35. The molecule has 1 atom stereocenters. The molecule has 21 heavy (non-hydrogen) atoms. The van der Waals surface area contributed by atoms with Crippen LogP contribution in [0.2, 0.25) is 0 Å². The summed E-state index contributed by atoms with van der Waals surface area (Å²) < 4.78 is 5.71. The van der Waals surface area contributed by atoms with Crippen molar-refractivity contribution in [1.29, 1.82) is 0 Å². The van der Waals surface area contributed by atoms with Crippen molar-refractivity contribution in [2.45, 2.75) is 59.0 Å². The van der Waals surface area contributed by atoms with Gasteiger partial charge in [-0.3, -0.25) is 0 Å². The summed E-state index contributed by atoms with van der Waals surface area (Å²) >= 11 is 0. The Morgan fingerprint density at radius 2 is 2.10 bits per heavy atom. The van der Waals surface area contributed by atoms with Crippen LogP contribution < -0.4 is 0 Å². The molecular formula is C18H30O3. The van der Waals surface area contributed by atoms with Crippen LogP contribution in [-0.2, 0) is 9.53 Å². The Hall–Kier alpha value is -1.35. The molecule has 0 amide bonds. The molecule has 0 bridgehead atoms. The van der Waals surface area contributed by atoms with Crippen molar-refractivity contribution in [1.82, 2.24) is 0 Å². The number of hydrogen-bond acceptors (Lipinski definition) is 2. The Kier molecular flexibility index (Phi) is 9.72. The Labute approximate surface area is 129 Å². The fourth-order valence-corrected chi connectivity index (χ4v) is 2.08. The van der Waals surface area contributed by atoms with Crippen molar-refractivity contribution in [3.8, 4) is 0 Å². The van der Waals surface area contributed by atoms with E-state index in [2.05, 4.69) is 33.4 Å². The van der Waals surface area contributed by atoms with E-state index in [0.717, 1.165) is 31.3 Å². The predicted molar refractivity (Wildman–Crippen MR) is 88.4 cm³/mol. The topological polar surface area (TPSA) is 46.5 Å². The molecule has 0 rings (SSSR count). The maximum atomic E-state index is 10.5. The molecule has 1 unspecified atom stereocenters. The molecule has 0 saturated heterocycles. The molecule has 0 aliphatic heterocycles. The highest BCUT2D eigenvalue weighted by Crippen LogP contribution is 2.21. The van der Waals surface area contributed by atoms with Crippen molar-refractivity contribution in [3.05, 3.63) is 36.5 Å². The van der Waals surface area contributed by atoms with Crippen LogP contribution >= 0.6 is 0 Å². The van der Waals surface area contributed by atoms with Gasteiger partial charge in [0.1, 0.15) is 0 Å². The summed E-state index contributed by atoms with van der Waals surface area (Å²) in [5.74, 6) is -0.305. The minimum absolute atomic E-state index is 0.0927. The van der Waals surface area contributed by atoms with Gasteiger partial charge in [-0.2, -0.15) is 0 Å². The number of ether oxygens (including phenoxy) is 1. The van der Waals surface area contributed by atoms with E-state index in [4.69, 9.17) is 9.84 Å². The largest absolute Gasteiger partial charge is 0.478 e. The normalized spacial score (nSPS) is 14.4. The summed E-state index contributed by atoms with van der Waals surface area (Å²) in [6.07, 6.45) is 11.2. The number of allylic oxidation sites excluding steroid dienone is 3. The highest BCUT2D eigenvalue weighted by atomic mass is 16.5. The summed E-state index contributed by atoms with van der Waals surface area (Å²) in [6.45, 7) is 12.5. The van der Waals surface area contributed by atoms with Crippen molar-refractivity contribution in [3.63, 3.8) is 0 Å². The van der Waals surface area contributed by atoms with Crippen LogP contribution in [0.15, 0.2) is 36.5 Å². The maximum absolute atomic E-state index is 10.5. The fourth-order valence-electron chi connectivity index (χ4n) is 2.08. The second-order valence-electron chi connectivity index (χ2n) is 6.22.